The maximum absolute atomic E-state index is 14.0. The molecule has 0 fully saturated rings. The summed E-state index contributed by atoms with van der Waals surface area (Å²) in [5.74, 6) is -1.24. The summed E-state index contributed by atoms with van der Waals surface area (Å²) in [6, 6.07) is 2.80. The molecule has 0 aliphatic heterocycles. The highest BCUT2D eigenvalue weighted by molar-refractivity contribution is 6.35. The van der Waals surface area contributed by atoms with Gasteiger partial charge in [0.2, 0.25) is 0 Å². The van der Waals surface area contributed by atoms with Gasteiger partial charge in [0.1, 0.15) is 23.0 Å². The minimum Gasteiger partial charge on any atom is -0.322 e. The minimum absolute atomic E-state index is 0.0493. The summed E-state index contributed by atoms with van der Waals surface area (Å²) in [5.41, 5.74) is 5.17. The number of nitrogens with two attached hydrogens (primary N) is 1. The van der Waals surface area contributed by atoms with Crippen molar-refractivity contribution >= 4 is 22.5 Å². The first-order valence-corrected chi connectivity index (χ1v) is 7.05. The van der Waals surface area contributed by atoms with Crippen molar-refractivity contribution in [3.05, 3.63) is 63.4 Å². The third kappa shape index (κ3) is 2.58. The molecule has 23 heavy (non-hydrogen) atoms. The van der Waals surface area contributed by atoms with Crippen molar-refractivity contribution in [1.29, 1.82) is 0 Å². The van der Waals surface area contributed by atoms with Crippen molar-refractivity contribution in [2.75, 3.05) is 0 Å². The van der Waals surface area contributed by atoms with E-state index in [1.807, 2.05) is 0 Å². The lowest BCUT2D eigenvalue weighted by molar-refractivity contribution is 0.615. The first kappa shape index (κ1) is 15.5. The third-order valence-corrected chi connectivity index (χ3v) is 3.62. The quantitative estimate of drug-likeness (QED) is 0.781. The van der Waals surface area contributed by atoms with Crippen LogP contribution in [0.5, 0.6) is 0 Å². The smallest absolute Gasteiger partial charge is 0.267 e. The Balaban J connectivity index is 2.50. The van der Waals surface area contributed by atoms with Gasteiger partial charge < -0.3 is 5.73 Å². The van der Waals surface area contributed by atoms with Crippen LogP contribution in [0.15, 0.2) is 35.4 Å². The predicted octanol–water partition coefficient (Wildman–Crippen LogP) is 2.73. The van der Waals surface area contributed by atoms with Crippen LogP contribution in [0.1, 0.15) is 18.8 Å². The summed E-state index contributed by atoms with van der Waals surface area (Å²) in [7, 11) is 0. The molecule has 1 aromatic carbocycles. The van der Waals surface area contributed by atoms with Crippen LogP contribution in [0.4, 0.5) is 8.78 Å². The molecule has 3 rings (SSSR count). The van der Waals surface area contributed by atoms with Crippen molar-refractivity contribution in [3.8, 4) is 5.69 Å². The lowest BCUT2D eigenvalue weighted by Gasteiger charge is -2.16. The van der Waals surface area contributed by atoms with Crippen LogP contribution in [0.25, 0.3) is 16.6 Å². The van der Waals surface area contributed by atoms with E-state index in [1.54, 1.807) is 6.92 Å². The highest BCUT2D eigenvalue weighted by atomic mass is 35.5. The van der Waals surface area contributed by atoms with Gasteiger partial charge in [-0.05, 0) is 19.1 Å². The lowest BCUT2D eigenvalue weighted by atomic mass is 10.2. The van der Waals surface area contributed by atoms with Gasteiger partial charge in [-0.15, -0.1) is 0 Å². The molecule has 0 unspecified atom stereocenters. The molecule has 0 amide bonds. The summed E-state index contributed by atoms with van der Waals surface area (Å²) < 4.78 is 28.6. The Bertz CT molecular complexity index is 972. The van der Waals surface area contributed by atoms with Crippen molar-refractivity contribution in [3.63, 3.8) is 0 Å². The highest BCUT2D eigenvalue weighted by Crippen LogP contribution is 2.24. The van der Waals surface area contributed by atoms with E-state index < -0.39 is 23.2 Å². The lowest BCUT2D eigenvalue weighted by Crippen LogP contribution is -2.28. The molecule has 5 nitrogen and oxygen atoms in total. The number of fused-ring (bicyclic) bond motifs is 1. The first-order valence-electron chi connectivity index (χ1n) is 6.67. The minimum atomic E-state index is -0.700. The molecule has 0 bridgehead atoms. The van der Waals surface area contributed by atoms with E-state index in [4.69, 9.17) is 17.3 Å². The molecule has 0 aliphatic rings. The van der Waals surface area contributed by atoms with E-state index in [1.165, 1.54) is 12.3 Å². The van der Waals surface area contributed by atoms with Crippen LogP contribution in [0, 0.1) is 11.6 Å². The molecule has 0 aliphatic carbocycles. The summed E-state index contributed by atoms with van der Waals surface area (Å²) >= 11 is 6.02. The van der Waals surface area contributed by atoms with Gasteiger partial charge >= 0.3 is 0 Å². The average molecular weight is 337 g/mol. The Labute approximate surface area is 134 Å². The number of hydrogen-bond acceptors (Lipinski definition) is 4. The SMILES string of the molecule is C[C@@H](N)c1nc2c(F)ccc(Cl)c2c(=O)n1-c1cncc(F)c1. The van der Waals surface area contributed by atoms with Crippen molar-refractivity contribution in [1.82, 2.24) is 14.5 Å². The molecule has 2 N–H and O–H groups in total. The van der Waals surface area contributed by atoms with Crippen molar-refractivity contribution in [2.45, 2.75) is 13.0 Å². The Morgan fingerprint density at radius 3 is 2.70 bits per heavy atom. The molecule has 1 atom stereocenters. The van der Waals surface area contributed by atoms with Gasteiger partial charge in [-0.3, -0.25) is 14.3 Å². The molecule has 0 radical (unpaired) electrons. The number of hydrogen-bond donors (Lipinski definition) is 1. The fourth-order valence-corrected chi connectivity index (χ4v) is 2.55. The molecule has 8 heteroatoms. The second-order valence-corrected chi connectivity index (χ2v) is 5.42. The number of rotatable bonds is 2. The molecule has 3 aromatic rings. The maximum atomic E-state index is 14.0. The van der Waals surface area contributed by atoms with Crippen LogP contribution in [-0.4, -0.2) is 14.5 Å². The van der Waals surface area contributed by atoms with Crippen LogP contribution in [0.2, 0.25) is 5.02 Å². The van der Waals surface area contributed by atoms with Gasteiger partial charge in [0.05, 0.1) is 34.5 Å². The Morgan fingerprint density at radius 2 is 2.04 bits per heavy atom. The van der Waals surface area contributed by atoms with E-state index in [0.717, 1.165) is 22.9 Å². The van der Waals surface area contributed by atoms with Gasteiger partial charge in [0, 0.05) is 6.07 Å². The van der Waals surface area contributed by atoms with Gasteiger partial charge in [0.25, 0.3) is 5.56 Å². The van der Waals surface area contributed by atoms with Gasteiger partial charge in [-0.25, -0.2) is 13.8 Å². The predicted molar refractivity (Wildman–Crippen MR) is 82.7 cm³/mol. The number of nitrogens with zero attached hydrogens (tertiary/aromatic N) is 3. The maximum Gasteiger partial charge on any atom is 0.267 e. The van der Waals surface area contributed by atoms with E-state index >= 15 is 0 Å². The number of pyridine rings is 1. The topological polar surface area (TPSA) is 73.8 Å². The van der Waals surface area contributed by atoms with Crippen LogP contribution < -0.4 is 11.3 Å². The summed E-state index contributed by atoms with van der Waals surface area (Å²) in [6.45, 7) is 1.58. The fraction of sp³-hybridized carbons (Fsp3) is 0.133. The zero-order valence-corrected chi connectivity index (χ0v) is 12.7. The van der Waals surface area contributed by atoms with Crippen LogP contribution in [0.3, 0.4) is 0 Å². The van der Waals surface area contributed by atoms with Crippen LogP contribution in [-0.2, 0) is 0 Å². The molecule has 0 saturated heterocycles. The Hall–Kier alpha value is -2.38. The highest BCUT2D eigenvalue weighted by Gasteiger charge is 2.19. The van der Waals surface area contributed by atoms with Gasteiger partial charge in [-0.1, -0.05) is 11.6 Å². The van der Waals surface area contributed by atoms with E-state index in [0.29, 0.717) is 0 Å². The van der Waals surface area contributed by atoms with Gasteiger partial charge in [-0.2, -0.15) is 0 Å². The molecule has 2 aromatic heterocycles. The summed E-state index contributed by atoms with van der Waals surface area (Å²) in [6.07, 6.45) is 2.29. The van der Waals surface area contributed by atoms with E-state index in [-0.39, 0.29) is 27.4 Å². The molecular formula is C15H11ClF2N4O. The molecule has 0 spiro atoms. The Kier molecular flexibility index (Phi) is 3.83. The standard InChI is InChI=1S/C15H11ClF2N4O/c1-7(19)14-21-13-11(18)3-2-10(16)12(13)15(23)22(14)9-4-8(17)5-20-6-9/h2-7H,19H2,1H3/t7-/m1/s1. The second-order valence-electron chi connectivity index (χ2n) is 5.01. The number of aromatic nitrogens is 3. The zero-order valence-electron chi connectivity index (χ0n) is 11.9. The fourth-order valence-electron chi connectivity index (χ4n) is 2.31. The van der Waals surface area contributed by atoms with Crippen LogP contribution >= 0.6 is 11.6 Å². The van der Waals surface area contributed by atoms with E-state index in [2.05, 4.69) is 9.97 Å². The second kappa shape index (κ2) is 5.68. The Morgan fingerprint density at radius 1 is 1.30 bits per heavy atom. The molecular weight excluding hydrogens is 326 g/mol. The normalized spacial score (nSPS) is 12.6. The third-order valence-electron chi connectivity index (χ3n) is 3.31. The molecule has 2 heterocycles. The summed E-state index contributed by atoms with van der Waals surface area (Å²) in [5, 5.41) is -0.0476. The number of halogens is 3. The first-order chi connectivity index (χ1) is 10.9. The van der Waals surface area contributed by atoms with Crippen molar-refractivity contribution in [2.24, 2.45) is 5.73 Å². The van der Waals surface area contributed by atoms with E-state index in [9.17, 15) is 13.6 Å². The molecule has 118 valence electrons. The number of benzene rings is 1. The summed E-state index contributed by atoms with van der Waals surface area (Å²) in [4.78, 5) is 20.6. The largest absolute Gasteiger partial charge is 0.322 e. The van der Waals surface area contributed by atoms with Gasteiger partial charge in [0.15, 0.2) is 0 Å². The monoisotopic (exact) mass is 336 g/mol. The molecule has 0 saturated carbocycles. The average Bonchev–Trinajstić information content (AvgIpc) is 2.50. The zero-order chi connectivity index (χ0) is 16.7. The van der Waals surface area contributed by atoms with Crippen molar-refractivity contribution < 1.29 is 8.78 Å².